The number of nitrogens with one attached hydrogen (secondary N) is 1. The minimum atomic E-state index is -0.573. The molecule has 0 saturated carbocycles. The fraction of sp³-hybridized carbons (Fsp3) is 0.393. The van der Waals surface area contributed by atoms with Crippen LogP contribution in [0.4, 0.5) is 9.18 Å². The molecule has 8 nitrogen and oxygen atoms in total. The Bertz CT molecular complexity index is 1260. The molecule has 0 radical (unpaired) electrons. The van der Waals surface area contributed by atoms with Crippen LogP contribution in [0.3, 0.4) is 0 Å². The number of hydrogen-bond acceptors (Lipinski definition) is 5. The van der Waals surface area contributed by atoms with Crippen molar-refractivity contribution >= 4 is 12.0 Å². The molecular formula is C28H33FN4O4. The topological polar surface area (TPSA) is 85.7 Å². The smallest absolute Gasteiger partial charge is 0.410 e. The summed E-state index contributed by atoms with van der Waals surface area (Å²) < 4.78 is 26.6. The molecule has 1 fully saturated rings. The second-order valence-electron chi connectivity index (χ2n) is 10.1. The van der Waals surface area contributed by atoms with E-state index in [4.69, 9.17) is 9.47 Å². The number of ether oxygens (including phenoxy) is 2. The molecule has 37 heavy (non-hydrogen) atoms. The molecule has 9 heteroatoms. The van der Waals surface area contributed by atoms with E-state index in [9.17, 15) is 14.0 Å². The third-order valence-corrected chi connectivity index (χ3v) is 6.27. The monoisotopic (exact) mass is 508 g/mol. The number of benzene rings is 2. The van der Waals surface area contributed by atoms with Crippen LogP contribution in [0.5, 0.6) is 5.75 Å². The fourth-order valence-electron chi connectivity index (χ4n) is 4.52. The molecule has 1 saturated heterocycles. The van der Waals surface area contributed by atoms with Gasteiger partial charge in [0, 0.05) is 31.1 Å². The van der Waals surface area contributed by atoms with E-state index < -0.39 is 5.60 Å². The van der Waals surface area contributed by atoms with Crippen LogP contribution < -0.4 is 10.1 Å². The zero-order valence-electron chi connectivity index (χ0n) is 21.7. The van der Waals surface area contributed by atoms with Crippen LogP contribution in [0.25, 0.3) is 5.69 Å². The highest BCUT2D eigenvalue weighted by molar-refractivity contribution is 5.95. The average molecular weight is 509 g/mol. The van der Waals surface area contributed by atoms with E-state index in [1.165, 1.54) is 18.3 Å². The number of carbonyl (C=O) groups is 2. The first-order valence-electron chi connectivity index (χ1n) is 12.4. The molecule has 196 valence electrons. The lowest BCUT2D eigenvalue weighted by Crippen LogP contribution is -2.41. The van der Waals surface area contributed by atoms with Crippen LogP contribution in [-0.2, 0) is 11.3 Å². The third-order valence-electron chi connectivity index (χ3n) is 6.27. The van der Waals surface area contributed by atoms with Gasteiger partial charge in [-0.15, -0.1) is 0 Å². The van der Waals surface area contributed by atoms with E-state index in [0.717, 1.165) is 5.56 Å². The summed E-state index contributed by atoms with van der Waals surface area (Å²) in [5, 5.41) is 7.44. The Kier molecular flexibility index (Phi) is 7.80. The lowest BCUT2D eigenvalue weighted by Gasteiger charge is -2.34. The Labute approximate surface area is 216 Å². The van der Waals surface area contributed by atoms with Gasteiger partial charge in [0.25, 0.3) is 5.91 Å². The van der Waals surface area contributed by atoms with Gasteiger partial charge in [0.2, 0.25) is 0 Å². The Morgan fingerprint density at radius 1 is 1.11 bits per heavy atom. The number of halogens is 1. The van der Waals surface area contributed by atoms with Crippen LogP contribution in [0.1, 0.15) is 61.1 Å². The number of para-hydroxylation sites is 1. The zero-order valence-corrected chi connectivity index (χ0v) is 21.7. The number of likely N-dealkylation sites (tertiary alicyclic amines) is 1. The van der Waals surface area contributed by atoms with E-state index in [-0.39, 0.29) is 30.3 Å². The summed E-state index contributed by atoms with van der Waals surface area (Å²) >= 11 is 0. The first kappa shape index (κ1) is 26.2. The van der Waals surface area contributed by atoms with Crippen molar-refractivity contribution in [3.8, 4) is 11.4 Å². The molecule has 2 aromatic carbocycles. The number of hydrogen-bond donors (Lipinski definition) is 1. The molecule has 0 aliphatic carbocycles. The van der Waals surface area contributed by atoms with Crippen molar-refractivity contribution < 1.29 is 23.5 Å². The number of nitrogens with zero attached hydrogens (tertiary/aromatic N) is 3. The van der Waals surface area contributed by atoms with Crippen molar-refractivity contribution in [1.82, 2.24) is 20.0 Å². The molecule has 0 spiro atoms. The van der Waals surface area contributed by atoms with E-state index in [0.29, 0.717) is 48.6 Å². The van der Waals surface area contributed by atoms with Gasteiger partial charge in [0.05, 0.1) is 30.3 Å². The van der Waals surface area contributed by atoms with E-state index in [2.05, 4.69) is 10.4 Å². The number of amides is 2. The predicted molar refractivity (Wildman–Crippen MR) is 137 cm³/mol. The molecule has 1 aromatic heterocycles. The Balaban J connectivity index is 1.58. The average Bonchev–Trinajstić information content (AvgIpc) is 3.32. The number of piperidine rings is 1. The standard InChI is InChI=1S/C28H33FN4O4/c1-28(2,3)37-27(35)32-14-12-19(13-15-32)25-23(18-31-33(25)22-10-7-9-21(29)16-22)26(34)30-17-20-8-5-6-11-24(20)36-4/h5-11,16,18-19H,12-15,17H2,1-4H3,(H,30,34). The molecule has 0 unspecified atom stereocenters. The van der Waals surface area contributed by atoms with Crippen LogP contribution >= 0.6 is 0 Å². The molecule has 4 rings (SSSR count). The van der Waals surface area contributed by atoms with Crippen molar-refractivity contribution in [3.05, 3.63) is 77.4 Å². The van der Waals surface area contributed by atoms with Crippen LogP contribution in [-0.4, -0.2) is 52.5 Å². The van der Waals surface area contributed by atoms with Gasteiger partial charge >= 0.3 is 6.09 Å². The summed E-state index contributed by atoms with van der Waals surface area (Å²) in [5.74, 6) is -0.0385. The van der Waals surface area contributed by atoms with E-state index in [1.54, 1.807) is 28.8 Å². The van der Waals surface area contributed by atoms with Gasteiger partial charge in [0.1, 0.15) is 17.2 Å². The van der Waals surface area contributed by atoms with Gasteiger partial charge < -0.3 is 19.7 Å². The minimum absolute atomic E-state index is 0.0588. The lowest BCUT2D eigenvalue weighted by molar-refractivity contribution is 0.0203. The molecule has 3 aromatic rings. The second kappa shape index (κ2) is 11.0. The minimum Gasteiger partial charge on any atom is -0.496 e. The maximum absolute atomic E-state index is 14.1. The summed E-state index contributed by atoms with van der Waals surface area (Å²) in [5.41, 5.74) is 1.94. The van der Waals surface area contributed by atoms with Crippen LogP contribution in [0.2, 0.25) is 0 Å². The molecular weight excluding hydrogens is 475 g/mol. The quantitative estimate of drug-likeness (QED) is 0.503. The molecule has 1 aliphatic rings. The lowest BCUT2D eigenvalue weighted by atomic mass is 9.90. The molecule has 0 atom stereocenters. The fourth-order valence-corrected chi connectivity index (χ4v) is 4.52. The Hall–Kier alpha value is -3.88. The number of methoxy groups -OCH3 is 1. The highest BCUT2D eigenvalue weighted by Gasteiger charge is 2.32. The number of rotatable bonds is 6. The summed E-state index contributed by atoms with van der Waals surface area (Å²) in [4.78, 5) is 27.6. The van der Waals surface area contributed by atoms with Gasteiger partial charge in [-0.3, -0.25) is 4.79 Å². The van der Waals surface area contributed by atoms with Gasteiger partial charge in [-0.2, -0.15) is 5.10 Å². The predicted octanol–water partition coefficient (Wildman–Crippen LogP) is 5.06. The van der Waals surface area contributed by atoms with Crippen molar-refractivity contribution in [3.63, 3.8) is 0 Å². The maximum atomic E-state index is 14.1. The normalized spacial score (nSPS) is 14.4. The largest absolute Gasteiger partial charge is 0.496 e. The van der Waals surface area contributed by atoms with Gasteiger partial charge in [-0.1, -0.05) is 24.3 Å². The zero-order chi connectivity index (χ0) is 26.6. The van der Waals surface area contributed by atoms with Crippen molar-refractivity contribution in [1.29, 1.82) is 0 Å². The molecule has 2 amide bonds. The first-order valence-corrected chi connectivity index (χ1v) is 12.4. The number of aromatic nitrogens is 2. The summed E-state index contributed by atoms with van der Waals surface area (Å²) in [6.45, 7) is 6.76. The number of carbonyl (C=O) groups excluding carboxylic acids is 2. The molecule has 1 N–H and O–H groups in total. The maximum Gasteiger partial charge on any atom is 0.410 e. The van der Waals surface area contributed by atoms with Crippen molar-refractivity contribution in [2.75, 3.05) is 20.2 Å². The van der Waals surface area contributed by atoms with Crippen LogP contribution in [0, 0.1) is 5.82 Å². The van der Waals surface area contributed by atoms with Crippen LogP contribution in [0.15, 0.2) is 54.7 Å². The molecule has 1 aliphatic heterocycles. The van der Waals surface area contributed by atoms with E-state index >= 15 is 0 Å². The van der Waals surface area contributed by atoms with Crippen molar-refractivity contribution in [2.24, 2.45) is 0 Å². The van der Waals surface area contributed by atoms with Gasteiger partial charge in [-0.05, 0) is 57.9 Å². The summed E-state index contributed by atoms with van der Waals surface area (Å²) in [6, 6.07) is 13.6. The van der Waals surface area contributed by atoms with Crippen molar-refractivity contribution in [2.45, 2.75) is 51.7 Å². The highest BCUT2D eigenvalue weighted by Crippen LogP contribution is 2.33. The van der Waals surface area contributed by atoms with Gasteiger partial charge in [-0.25, -0.2) is 13.9 Å². The summed E-state index contributed by atoms with van der Waals surface area (Å²) in [6.07, 6.45) is 2.41. The third kappa shape index (κ3) is 6.28. The Morgan fingerprint density at radius 3 is 2.51 bits per heavy atom. The van der Waals surface area contributed by atoms with E-state index in [1.807, 2.05) is 45.0 Å². The highest BCUT2D eigenvalue weighted by atomic mass is 19.1. The molecule has 0 bridgehead atoms. The SMILES string of the molecule is COc1ccccc1CNC(=O)c1cnn(-c2cccc(F)c2)c1C1CCN(C(=O)OC(C)(C)C)CC1. The molecule has 2 heterocycles. The Morgan fingerprint density at radius 2 is 1.84 bits per heavy atom. The second-order valence-corrected chi connectivity index (χ2v) is 10.1. The summed E-state index contributed by atoms with van der Waals surface area (Å²) in [7, 11) is 1.59. The first-order chi connectivity index (χ1) is 17.7. The van der Waals surface area contributed by atoms with Gasteiger partial charge in [0.15, 0.2) is 0 Å².